The second-order valence-corrected chi connectivity index (χ2v) is 10.6. The van der Waals surface area contributed by atoms with Crippen molar-refractivity contribution in [2.24, 2.45) is 4.99 Å². The zero-order chi connectivity index (χ0) is 29.7. The summed E-state index contributed by atoms with van der Waals surface area (Å²) in [6.45, 7) is 2.36. The average molecular weight is 562 g/mol. The molecule has 0 saturated heterocycles. The lowest BCUT2D eigenvalue weighted by Gasteiger charge is -2.12. The Balaban J connectivity index is 1.33. The molecule has 0 heterocycles. The highest BCUT2D eigenvalue weighted by Crippen LogP contribution is 2.31. The van der Waals surface area contributed by atoms with Crippen LogP contribution >= 0.6 is 0 Å². The SMILES string of the molecule is C/C(=N\c1cccc(C(=O)NCCC2=CCCCc3ccccc32)c1O)c1ccc(CCCCC(=O)/C=C/C=N)cc1. The summed E-state index contributed by atoms with van der Waals surface area (Å²) in [5.74, 6) is -0.402. The van der Waals surface area contributed by atoms with Gasteiger partial charge in [0.25, 0.3) is 5.91 Å². The first kappa shape index (κ1) is 30.4. The van der Waals surface area contributed by atoms with E-state index in [0.29, 0.717) is 18.7 Å². The number of unbranched alkanes of at least 4 members (excludes halogenated alkanes) is 1. The summed E-state index contributed by atoms with van der Waals surface area (Å²) in [6, 6.07) is 21.6. The minimum atomic E-state index is -0.318. The third-order valence-corrected chi connectivity index (χ3v) is 7.52. The van der Waals surface area contributed by atoms with Gasteiger partial charge >= 0.3 is 0 Å². The first-order chi connectivity index (χ1) is 20.5. The van der Waals surface area contributed by atoms with Crippen LogP contribution in [0.2, 0.25) is 0 Å². The molecule has 0 aliphatic heterocycles. The number of rotatable bonds is 13. The van der Waals surface area contributed by atoms with E-state index in [1.54, 1.807) is 18.2 Å². The van der Waals surface area contributed by atoms with Crippen LogP contribution in [0.25, 0.3) is 5.57 Å². The fourth-order valence-electron chi connectivity index (χ4n) is 5.20. The summed E-state index contributed by atoms with van der Waals surface area (Å²) >= 11 is 0. The molecular formula is C36H39N3O3. The Labute approximate surface area is 248 Å². The molecule has 0 spiro atoms. The van der Waals surface area contributed by atoms with Crippen molar-refractivity contribution in [3.8, 4) is 5.75 Å². The molecular weight excluding hydrogens is 522 g/mol. The molecule has 0 saturated carbocycles. The van der Waals surface area contributed by atoms with E-state index in [2.05, 4.69) is 52.8 Å². The summed E-state index contributed by atoms with van der Waals surface area (Å²) in [4.78, 5) is 29.3. The highest BCUT2D eigenvalue weighted by molar-refractivity contribution is 6.02. The van der Waals surface area contributed by atoms with Gasteiger partial charge in [-0.25, -0.2) is 4.99 Å². The fraction of sp³-hybridized carbons (Fsp3) is 0.278. The summed E-state index contributed by atoms with van der Waals surface area (Å²) in [6.07, 6.45) is 13.3. The predicted molar refractivity (Wildman–Crippen MR) is 171 cm³/mol. The number of para-hydroxylation sites is 1. The number of nitrogens with zero attached hydrogens (tertiary/aromatic N) is 1. The predicted octanol–water partition coefficient (Wildman–Crippen LogP) is 7.56. The maximum absolute atomic E-state index is 13.0. The number of aromatic hydroxyl groups is 1. The van der Waals surface area contributed by atoms with E-state index in [4.69, 9.17) is 5.41 Å². The van der Waals surface area contributed by atoms with Gasteiger partial charge in [0.1, 0.15) is 5.69 Å². The third-order valence-electron chi connectivity index (χ3n) is 7.52. The van der Waals surface area contributed by atoms with Gasteiger partial charge in [-0.1, -0.05) is 60.7 Å². The molecule has 3 aromatic rings. The van der Waals surface area contributed by atoms with E-state index in [-0.39, 0.29) is 23.0 Å². The van der Waals surface area contributed by atoms with Crippen molar-refractivity contribution in [1.82, 2.24) is 5.32 Å². The number of nitrogens with one attached hydrogen (secondary N) is 2. The van der Waals surface area contributed by atoms with E-state index in [9.17, 15) is 14.7 Å². The smallest absolute Gasteiger partial charge is 0.255 e. The Bertz CT molecular complexity index is 1500. The van der Waals surface area contributed by atoms with Crippen LogP contribution in [0.3, 0.4) is 0 Å². The van der Waals surface area contributed by atoms with Crippen LogP contribution in [-0.4, -0.2) is 35.3 Å². The number of carbonyl (C=O) groups is 2. The maximum Gasteiger partial charge on any atom is 0.255 e. The largest absolute Gasteiger partial charge is 0.505 e. The van der Waals surface area contributed by atoms with E-state index >= 15 is 0 Å². The first-order valence-electron chi connectivity index (χ1n) is 14.7. The maximum atomic E-state index is 13.0. The summed E-state index contributed by atoms with van der Waals surface area (Å²) in [7, 11) is 0. The lowest BCUT2D eigenvalue weighted by atomic mass is 9.97. The molecule has 1 amide bonds. The zero-order valence-electron chi connectivity index (χ0n) is 24.2. The number of fused-ring (bicyclic) bond motifs is 1. The first-order valence-corrected chi connectivity index (χ1v) is 14.7. The van der Waals surface area contributed by atoms with Crippen LogP contribution in [0.4, 0.5) is 5.69 Å². The summed E-state index contributed by atoms with van der Waals surface area (Å²) in [5, 5.41) is 20.8. The highest BCUT2D eigenvalue weighted by Gasteiger charge is 2.16. The molecule has 216 valence electrons. The third kappa shape index (κ3) is 8.46. The second-order valence-electron chi connectivity index (χ2n) is 10.6. The van der Waals surface area contributed by atoms with Crippen LogP contribution in [0, 0.1) is 5.41 Å². The molecule has 0 bridgehead atoms. The summed E-state index contributed by atoms with van der Waals surface area (Å²) in [5.41, 5.74) is 7.29. The quantitative estimate of drug-likeness (QED) is 0.114. The zero-order valence-corrected chi connectivity index (χ0v) is 24.2. The van der Waals surface area contributed by atoms with E-state index in [1.165, 1.54) is 34.4 Å². The van der Waals surface area contributed by atoms with Crippen molar-refractivity contribution in [2.45, 2.75) is 58.3 Å². The molecule has 42 heavy (non-hydrogen) atoms. The van der Waals surface area contributed by atoms with Gasteiger partial charge in [-0.15, -0.1) is 0 Å². The number of phenolic OH excluding ortho intramolecular Hbond substituents is 1. The van der Waals surface area contributed by atoms with E-state index < -0.39 is 0 Å². The van der Waals surface area contributed by atoms with Crippen molar-refractivity contribution in [3.63, 3.8) is 0 Å². The van der Waals surface area contributed by atoms with Gasteiger partial charge in [0.2, 0.25) is 0 Å². The number of amides is 1. The Kier molecular flexibility index (Phi) is 11.2. The van der Waals surface area contributed by atoms with Gasteiger partial charge in [-0.2, -0.15) is 0 Å². The van der Waals surface area contributed by atoms with Crippen LogP contribution in [0.1, 0.15) is 78.1 Å². The van der Waals surface area contributed by atoms with Crippen LogP contribution in [-0.2, 0) is 17.6 Å². The molecule has 6 heteroatoms. The van der Waals surface area contributed by atoms with Crippen molar-refractivity contribution in [3.05, 3.63) is 113 Å². The Hall–Kier alpha value is -4.58. The Morgan fingerprint density at radius 2 is 1.81 bits per heavy atom. The molecule has 4 rings (SSSR count). The number of carbonyl (C=O) groups excluding carboxylic acids is 2. The number of benzene rings is 3. The molecule has 0 unspecified atom stereocenters. The Morgan fingerprint density at radius 3 is 2.62 bits per heavy atom. The Morgan fingerprint density at radius 1 is 1.00 bits per heavy atom. The number of phenols is 1. The molecule has 1 aliphatic carbocycles. The highest BCUT2D eigenvalue weighted by atomic mass is 16.3. The number of ketones is 1. The molecule has 3 aromatic carbocycles. The van der Waals surface area contributed by atoms with Crippen LogP contribution in [0.15, 0.2) is 90.0 Å². The van der Waals surface area contributed by atoms with Gasteiger partial charge in [-0.05, 0) is 104 Å². The topological polar surface area (TPSA) is 103 Å². The normalized spacial score (nSPS) is 13.3. The molecule has 6 nitrogen and oxygen atoms in total. The number of aliphatic imine (C=N–C) groups is 1. The lowest BCUT2D eigenvalue weighted by Crippen LogP contribution is -2.24. The monoisotopic (exact) mass is 561 g/mol. The van der Waals surface area contributed by atoms with Crippen LogP contribution in [0.5, 0.6) is 5.75 Å². The fourth-order valence-corrected chi connectivity index (χ4v) is 5.20. The molecule has 1 aliphatic rings. The van der Waals surface area contributed by atoms with Gasteiger partial charge in [0.05, 0.1) is 5.56 Å². The number of hydrogen-bond acceptors (Lipinski definition) is 5. The van der Waals surface area contributed by atoms with Gasteiger partial charge in [0.15, 0.2) is 11.5 Å². The van der Waals surface area contributed by atoms with Gasteiger partial charge in [0, 0.05) is 24.9 Å². The van der Waals surface area contributed by atoms with Gasteiger partial charge < -0.3 is 15.8 Å². The van der Waals surface area contributed by atoms with Crippen molar-refractivity contribution in [2.75, 3.05) is 6.54 Å². The second kappa shape index (κ2) is 15.4. The number of allylic oxidation sites excluding steroid dienone is 3. The molecule has 0 atom stereocenters. The van der Waals surface area contributed by atoms with E-state index in [1.807, 2.05) is 19.1 Å². The van der Waals surface area contributed by atoms with Crippen molar-refractivity contribution < 1.29 is 14.7 Å². The van der Waals surface area contributed by atoms with Crippen molar-refractivity contribution in [1.29, 1.82) is 5.41 Å². The minimum absolute atomic E-state index is 0.0455. The summed E-state index contributed by atoms with van der Waals surface area (Å²) < 4.78 is 0. The lowest BCUT2D eigenvalue weighted by molar-refractivity contribution is -0.114. The number of aryl methyl sites for hydroxylation is 2. The molecule has 0 radical (unpaired) electrons. The standard InChI is InChI=1S/C36H39N3O3/c1-26(28-21-19-27(20-22-28)10-2-6-14-31(40)15-9-24-37)39-34-18-8-17-33(35(34)41)36(42)38-25-23-30-13-4-3-11-29-12-5-7-16-32(29)30/h5,7-9,12-13,15-22,24,37,41H,2-4,6,10-11,14,23,25H2,1H3,(H,38,42)/b15-9+,37-24?,39-26+. The molecule has 0 aromatic heterocycles. The van der Waals surface area contributed by atoms with Crippen LogP contribution < -0.4 is 5.32 Å². The van der Waals surface area contributed by atoms with E-state index in [0.717, 1.165) is 62.4 Å². The molecule has 0 fully saturated rings. The van der Waals surface area contributed by atoms with Gasteiger partial charge in [-0.3, -0.25) is 9.59 Å². The van der Waals surface area contributed by atoms with Crippen molar-refractivity contribution >= 4 is 34.9 Å². The number of hydrogen-bond donors (Lipinski definition) is 3. The average Bonchev–Trinajstić information content (AvgIpc) is 3.21. The minimum Gasteiger partial charge on any atom is -0.505 e. The molecule has 3 N–H and O–H groups in total.